The van der Waals surface area contributed by atoms with Crippen molar-refractivity contribution in [1.82, 2.24) is 10.9 Å². The first-order chi connectivity index (χ1) is 24.6. The highest BCUT2D eigenvalue weighted by atomic mass is 31.2. The van der Waals surface area contributed by atoms with E-state index >= 15 is 0 Å². The van der Waals surface area contributed by atoms with Crippen LogP contribution in [0.2, 0.25) is 0 Å². The molecule has 0 bridgehead atoms. The number of amidine groups is 2. The summed E-state index contributed by atoms with van der Waals surface area (Å²) in [7, 11) is -4.37. The van der Waals surface area contributed by atoms with Gasteiger partial charge in [-0.25, -0.2) is 0 Å². The summed E-state index contributed by atoms with van der Waals surface area (Å²) in [5, 5.41) is 16.0. The molecule has 6 nitrogen and oxygen atoms in total. The highest BCUT2D eigenvalue weighted by Gasteiger charge is 2.44. The van der Waals surface area contributed by atoms with Crippen molar-refractivity contribution in [3.8, 4) is 0 Å². The summed E-state index contributed by atoms with van der Waals surface area (Å²) in [4.78, 5) is 0. The Kier molecular flexibility index (Phi) is 11.3. The Morgan fingerprint density at radius 3 is 0.760 bits per heavy atom. The molecule has 0 saturated carbocycles. The van der Waals surface area contributed by atoms with Gasteiger partial charge in [-0.05, 0) is 72.8 Å². The molecule has 0 radical (unpaired) electrons. The number of rotatable bonds is 12. The van der Waals surface area contributed by atoms with Gasteiger partial charge in [0.1, 0.15) is 46.4 Å². The molecule has 50 heavy (non-hydrogen) atoms. The van der Waals surface area contributed by atoms with Gasteiger partial charge in [0.05, 0.1) is 24.0 Å². The Balaban J connectivity index is 1.26. The molecule has 0 saturated heterocycles. The van der Waals surface area contributed by atoms with Crippen LogP contribution in [0.4, 0.5) is 0 Å². The lowest BCUT2D eigenvalue weighted by Crippen LogP contribution is -2.34. The first-order valence-corrected chi connectivity index (χ1v) is 20.0. The van der Waals surface area contributed by atoms with E-state index in [-0.39, 0.29) is 11.7 Å². The molecule has 6 aromatic rings. The van der Waals surface area contributed by atoms with E-state index in [4.69, 9.17) is 11.5 Å². The number of hydrogen-bond donors (Lipinski definition) is 4. The maximum atomic E-state index is 6.29. The molecule has 6 aromatic carbocycles. The van der Waals surface area contributed by atoms with Crippen molar-refractivity contribution in [3.05, 3.63) is 206 Å². The zero-order valence-corrected chi connectivity index (χ0v) is 29.4. The number of hydrogen-bond acceptors (Lipinski definition) is 4. The van der Waals surface area contributed by atoms with Crippen molar-refractivity contribution in [3.63, 3.8) is 0 Å². The van der Waals surface area contributed by atoms with Gasteiger partial charge >= 0.3 is 0 Å². The fraction of sp³-hybridized carbons (Fsp3) is 0. The molecule has 246 valence electrons. The Bertz CT molecular complexity index is 1710. The predicted octanol–water partition coefficient (Wildman–Crippen LogP) is 5.64. The SMILES string of the molecule is NC(=N\NC=C[P+](c1ccccc1)(c1ccccc1)c1ccccc1)/C(N)=N/NC=C[P+](c1ccccc1)(c1ccccc1)c1ccccc1. The maximum absolute atomic E-state index is 6.29. The molecule has 0 aliphatic rings. The van der Waals surface area contributed by atoms with E-state index in [1.54, 1.807) is 0 Å². The zero-order valence-electron chi connectivity index (χ0n) is 27.6. The van der Waals surface area contributed by atoms with Gasteiger partial charge in [-0.15, -0.1) is 0 Å². The van der Waals surface area contributed by atoms with Gasteiger partial charge in [-0.3, -0.25) is 10.9 Å². The van der Waals surface area contributed by atoms with Crippen LogP contribution in [0.5, 0.6) is 0 Å². The summed E-state index contributed by atoms with van der Waals surface area (Å²) in [6, 6.07) is 63.4. The molecule has 0 heterocycles. The molecule has 0 atom stereocenters. The Morgan fingerprint density at radius 2 is 0.560 bits per heavy atom. The molecule has 6 rings (SSSR count). The van der Waals surface area contributed by atoms with Crippen LogP contribution in [-0.2, 0) is 0 Å². The van der Waals surface area contributed by atoms with Gasteiger partial charge in [0.15, 0.2) is 11.7 Å². The predicted molar refractivity (Wildman–Crippen MR) is 218 cm³/mol. The third-order valence-electron chi connectivity index (χ3n) is 8.36. The topological polar surface area (TPSA) is 101 Å². The summed E-state index contributed by atoms with van der Waals surface area (Å²) in [5.41, 5.74) is 18.6. The lowest BCUT2D eigenvalue weighted by molar-refractivity contribution is 0.953. The summed E-state index contributed by atoms with van der Waals surface area (Å²) < 4.78 is 0. The van der Waals surface area contributed by atoms with Crippen LogP contribution in [-0.4, -0.2) is 11.7 Å². The van der Waals surface area contributed by atoms with Crippen molar-refractivity contribution in [2.75, 3.05) is 0 Å². The molecule has 0 aromatic heterocycles. The van der Waals surface area contributed by atoms with Crippen LogP contribution in [0.1, 0.15) is 0 Å². The molecule has 0 aliphatic heterocycles. The average molecular weight is 691 g/mol. The van der Waals surface area contributed by atoms with Crippen LogP contribution in [0.3, 0.4) is 0 Å². The minimum absolute atomic E-state index is 0.0638. The Morgan fingerprint density at radius 1 is 0.360 bits per heavy atom. The van der Waals surface area contributed by atoms with Crippen LogP contribution in [0, 0.1) is 0 Å². The lowest BCUT2D eigenvalue weighted by Gasteiger charge is -2.23. The van der Waals surface area contributed by atoms with Crippen molar-refractivity contribution in [2.24, 2.45) is 21.7 Å². The Hall–Kier alpha value is -5.80. The number of nitrogens with two attached hydrogens (primary N) is 2. The molecular weight excluding hydrogens is 650 g/mol. The van der Waals surface area contributed by atoms with E-state index < -0.39 is 14.5 Å². The number of nitrogens with one attached hydrogen (secondary N) is 2. The summed E-state index contributed by atoms with van der Waals surface area (Å²) in [6.07, 6.45) is 3.68. The molecular formula is C42H40N6P2+2. The first-order valence-electron chi connectivity index (χ1n) is 16.3. The molecule has 8 heteroatoms. The second-order valence-electron chi connectivity index (χ2n) is 11.3. The van der Waals surface area contributed by atoms with Crippen LogP contribution in [0.25, 0.3) is 0 Å². The second kappa shape index (κ2) is 16.5. The maximum Gasteiger partial charge on any atom is 0.188 e. The minimum atomic E-state index is -2.18. The average Bonchev–Trinajstić information content (AvgIpc) is 3.20. The molecule has 6 N–H and O–H groups in total. The van der Waals surface area contributed by atoms with Gasteiger partial charge in [0.2, 0.25) is 0 Å². The number of benzene rings is 6. The van der Waals surface area contributed by atoms with E-state index in [0.29, 0.717) is 0 Å². The smallest absolute Gasteiger partial charge is 0.188 e. The largest absolute Gasteiger partial charge is 0.379 e. The van der Waals surface area contributed by atoms with Crippen molar-refractivity contribution < 1.29 is 0 Å². The van der Waals surface area contributed by atoms with E-state index in [2.05, 4.69) is 178 Å². The molecule has 0 fully saturated rings. The summed E-state index contributed by atoms with van der Waals surface area (Å²) >= 11 is 0. The van der Waals surface area contributed by atoms with Crippen LogP contribution in [0.15, 0.2) is 216 Å². The summed E-state index contributed by atoms with van der Waals surface area (Å²) in [6.45, 7) is 0. The highest BCUT2D eigenvalue weighted by Crippen LogP contribution is 2.57. The van der Waals surface area contributed by atoms with Crippen molar-refractivity contribution in [2.45, 2.75) is 0 Å². The fourth-order valence-corrected chi connectivity index (χ4v) is 13.3. The monoisotopic (exact) mass is 690 g/mol. The molecule has 0 unspecified atom stereocenters. The second-order valence-corrected chi connectivity index (χ2v) is 17.9. The molecule has 0 amide bonds. The van der Waals surface area contributed by atoms with E-state index in [1.165, 1.54) is 31.8 Å². The van der Waals surface area contributed by atoms with Gasteiger partial charge in [0, 0.05) is 0 Å². The molecule has 0 spiro atoms. The van der Waals surface area contributed by atoms with E-state index in [9.17, 15) is 0 Å². The van der Waals surface area contributed by atoms with Crippen LogP contribution < -0.4 is 54.1 Å². The van der Waals surface area contributed by atoms with E-state index in [0.717, 1.165) is 0 Å². The first kappa shape index (κ1) is 34.1. The third kappa shape index (κ3) is 7.43. The Labute approximate surface area is 295 Å². The highest BCUT2D eigenvalue weighted by molar-refractivity contribution is 7.98. The van der Waals surface area contributed by atoms with Crippen molar-refractivity contribution in [1.29, 1.82) is 0 Å². The van der Waals surface area contributed by atoms with Crippen molar-refractivity contribution >= 4 is 58.0 Å². The van der Waals surface area contributed by atoms with Crippen LogP contribution >= 0.6 is 14.5 Å². The normalized spacial score (nSPS) is 12.6. The van der Waals surface area contributed by atoms with Gasteiger partial charge in [0.25, 0.3) is 0 Å². The van der Waals surface area contributed by atoms with Gasteiger partial charge in [-0.2, -0.15) is 10.2 Å². The van der Waals surface area contributed by atoms with Gasteiger partial charge < -0.3 is 11.5 Å². The van der Waals surface area contributed by atoms with Gasteiger partial charge in [-0.1, -0.05) is 109 Å². The molecule has 0 aliphatic carbocycles. The fourth-order valence-electron chi connectivity index (χ4n) is 6.01. The number of nitrogens with zero attached hydrogens (tertiary/aromatic N) is 2. The summed E-state index contributed by atoms with van der Waals surface area (Å²) in [5.74, 6) is 4.54. The minimum Gasteiger partial charge on any atom is -0.379 e. The standard InChI is InChI=1S/C42H40N6P2/c43-41(47-45-31-33-49(35-19-7-1-8-20-35,36-21-9-2-10-22-36)37-23-11-3-12-24-37)42(44)48-46-32-34-50(38-25-13-4-14-26-38,39-27-15-5-16-28-39)40-29-17-6-18-30-40/h1-34,45-46H,(H2,43,47)(H2,44,48)/q+2. The lowest BCUT2D eigenvalue weighted by atomic mass is 10.4. The third-order valence-corrected chi connectivity index (χ3v) is 16.2. The van der Waals surface area contributed by atoms with E-state index in [1.807, 2.05) is 48.8 Å². The zero-order chi connectivity index (χ0) is 34.5. The number of hydrazone groups is 2. The quantitative estimate of drug-likeness (QED) is 0.0578.